The Labute approximate surface area is 308 Å². The van der Waals surface area contributed by atoms with Gasteiger partial charge in [0.05, 0.1) is 11.3 Å². The van der Waals surface area contributed by atoms with Gasteiger partial charge in [-0.3, -0.25) is 4.98 Å². The van der Waals surface area contributed by atoms with Crippen LogP contribution in [0.25, 0.3) is 60.1 Å². The number of benzene rings is 6. The summed E-state index contributed by atoms with van der Waals surface area (Å²) in [5.74, 6) is 0.812. The minimum absolute atomic E-state index is 0. The van der Waals surface area contributed by atoms with Crippen LogP contribution in [0.15, 0.2) is 128 Å². The summed E-state index contributed by atoms with van der Waals surface area (Å²) in [7, 11) is 2.00. The molecule has 0 saturated heterocycles. The molecule has 0 fully saturated rings. The molecule has 6 aromatic carbocycles. The van der Waals surface area contributed by atoms with Crippen molar-refractivity contribution < 1.29 is 20.1 Å². The summed E-state index contributed by atoms with van der Waals surface area (Å²) in [6.45, 7) is 11.1. The van der Waals surface area contributed by atoms with Gasteiger partial charge in [0.2, 0.25) is 0 Å². The molecule has 0 unspecified atom stereocenters. The van der Waals surface area contributed by atoms with E-state index in [2.05, 4.69) is 129 Å². The Morgan fingerprint density at radius 2 is 1.36 bits per heavy atom. The molecule has 2 aromatic heterocycles. The van der Waals surface area contributed by atoms with Crippen LogP contribution in [0.5, 0.6) is 0 Å². The number of para-hydroxylation sites is 1. The molecule has 0 aliphatic carbocycles. The van der Waals surface area contributed by atoms with Gasteiger partial charge in [-0.05, 0) is 64.0 Å². The molecule has 9 rings (SSSR count). The van der Waals surface area contributed by atoms with Crippen LogP contribution in [-0.2, 0) is 20.1 Å². The second-order valence-electron chi connectivity index (χ2n) is 13.5. The number of aromatic nitrogens is 2. The maximum atomic E-state index is 5.37. The molecule has 0 amide bonds. The first-order chi connectivity index (χ1) is 23.9. The minimum Gasteiger partial charge on any atom is -0.510 e. The molecule has 248 valence electrons. The van der Waals surface area contributed by atoms with Crippen molar-refractivity contribution >= 4 is 54.6 Å². The van der Waals surface area contributed by atoms with Crippen LogP contribution in [0.1, 0.15) is 50.7 Å². The maximum Gasteiger partial charge on any atom is 3.00 e. The van der Waals surface area contributed by atoms with E-state index in [-0.39, 0.29) is 20.1 Å². The third kappa shape index (κ3) is 5.85. The fourth-order valence-electron chi connectivity index (χ4n) is 7.22. The van der Waals surface area contributed by atoms with E-state index in [0.717, 1.165) is 22.4 Å². The number of fused-ring (bicyclic) bond motifs is 10. The first-order valence-electron chi connectivity index (χ1n) is 17.1. The molecule has 0 N–H and O–H groups in total. The summed E-state index contributed by atoms with van der Waals surface area (Å²) >= 11 is 0. The van der Waals surface area contributed by atoms with Crippen molar-refractivity contribution in [2.45, 2.75) is 39.5 Å². The molecular formula is C45H39IrN4. The van der Waals surface area contributed by atoms with E-state index in [4.69, 9.17) is 4.98 Å². The van der Waals surface area contributed by atoms with Crippen molar-refractivity contribution in [3.05, 3.63) is 158 Å². The number of anilines is 1. The van der Waals surface area contributed by atoms with E-state index in [9.17, 15) is 0 Å². The average Bonchev–Trinajstić information content (AvgIpc) is 3.78. The average molecular weight is 828 g/mol. The number of imidazole rings is 1. The smallest absolute Gasteiger partial charge is 0.510 e. The van der Waals surface area contributed by atoms with Gasteiger partial charge in [-0.2, -0.15) is 37.0 Å². The molecule has 1 aliphatic heterocycles. The SMILES string of the molecule is CC(C)c1cccc(C(C)C)c1-c1cn2c(n1)c1[c-]cccc1c1ccc3ccc4ccccc4c3c12.CN1C=CN(c2[c-]cccc2)[CH-]1.[Ir+3]. The van der Waals surface area contributed by atoms with Gasteiger partial charge in [-0.15, -0.1) is 35.3 Å². The fraction of sp³-hybridized carbons (Fsp3) is 0.156. The molecule has 0 atom stereocenters. The van der Waals surface area contributed by atoms with Crippen LogP contribution < -0.4 is 4.90 Å². The van der Waals surface area contributed by atoms with Crippen molar-refractivity contribution in [3.63, 3.8) is 0 Å². The normalized spacial score (nSPS) is 12.9. The predicted molar refractivity (Wildman–Crippen MR) is 207 cm³/mol. The van der Waals surface area contributed by atoms with Crippen LogP contribution in [0.3, 0.4) is 0 Å². The number of rotatable bonds is 4. The predicted octanol–water partition coefficient (Wildman–Crippen LogP) is 11.5. The molecule has 0 saturated carbocycles. The van der Waals surface area contributed by atoms with Crippen molar-refractivity contribution in [2.24, 2.45) is 0 Å². The van der Waals surface area contributed by atoms with Crippen molar-refractivity contribution in [1.82, 2.24) is 14.3 Å². The molecule has 8 aromatic rings. The fourth-order valence-corrected chi connectivity index (χ4v) is 7.22. The van der Waals surface area contributed by atoms with Crippen molar-refractivity contribution in [1.29, 1.82) is 0 Å². The summed E-state index contributed by atoms with van der Waals surface area (Å²) < 4.78 is 2.33. The van der Waals surface area contributed by atoms with Gasteiger partial charge >= 0.3 is 20.1 Å². The third-order valence-corrected chi connectivity index (χ3v) is 9.57. The van der Waals surface area contributed by atoms with Gasteiger partial charge in [-0.25, -0.2) is 0 Å². The molecule has 50 heavy (non-hydrogen) atoms. The molecule has 0 radical (unpaired) electrons. The zero-order valence-corrected chi connectivity index (χ0v) is 31.4. The Kier molecular flexibility index (Phi) is 9.22. The first kappa shape index (κ1) is 33.5. The molecule has 1 aliphatic rings. The van der Waals surface area contributed by atoms with Crippen molar-refractivity contribution in [2.75, 3.05) is 11.9 Å². The molecular weight excluding hydrogens is 789 g/mol. The Hall–Kier alpha value is -4.96. The minimum atomic E-state index is 0. The van der Waals surface area contributed by atoms with E-state index in [0.29, 0.717) is 11.8 Å². The summed E-state index contributed by atoms with van der Waals surface area (Å²) in [6, 6.07) is 45.3. The molecule has 0 spiro atoms. The second kappa shape index (κ2) is 13.7. The largest absolute Gasteiger partial charge is 3.00 e. The number of nitrogens with zero attached hydrogens (tertiary/aromatic N) is 4. The second-order valence-corrected chi connectivity index (χ2v) is 13.5. The van der Waals surface area contributed by atoms with Crippen molar-refractivity contribution in [3.8, 4) is 11.3 Å². The first-order valence-corrected chi connectivity index (χ1v) is 17.1. The van der Waals surface area contributed by atoms with E-state index < -0.39 is 0 Å². The Bertz CT molecular complexity index is 2490. The van der Waals surface area contributed by atoms with Gasteiger partial charge in [0, 0.05) is 22.7 Å². The number of hydrogen-bond donors (Lipinski definition) is 0. The summed E-state index contributed by atoms with van der Waals surface area (Å²) in [6.07, 6.45) is 6.28. The van der Waals surface area contributed by atoms with E-state index in [1.165, 1.54) is 54.5 Å². The van der Waals surface area contributed by atoms with Crippen LogP contribution in [0.2, 0.25) is 0 Å². The number of pyridine rings is 1. The maximum absolute atomic E-state index is 5.37. The summed E-state index contributed by atoms with van der Waals surface area (Å²) in [5, 5.41) is 8.53. The van der Waals surface area contributed by atoms with Gasteiger partial charge in [0.25, 0.3) is 0 Å². The van der Waals surface area contributed by atoms with Crippen LogP contribution in [0.4, 0.5) is 5.69 Å². The van der Waals surface area contributed by atoms with Crippen LogP contribution in [0, 0.1) is 18.8 Å². The van der Waals surface area contributed by atoms with Gasteiger partial charge < -0.3 is 14.2 Å². The Balaban J connectivity index is 0.000000255. The topological polar surface area (TPSA) is 23.8 Å². The van der Waals surface area contributed by atoms with E-state index in [1.807, 2.05) is 66.2 Å². The standard InChI is InChI=1S/C35H29N2.C10H10N2.Ir/c1-21(2)25-14-9-15-26(22(3)4)33(25)31-20-37-34-29(28-12-7-8-13-30(28)35(37)36-31)19-18-24-17-16-23-10-5-6-11-27(23)32(24)34;1-11-7-8-12(9-11)10-5-3-2-4-6-10;/h5-12,14-22H,1-4H3;2-5,7-9H,1H3;/q-1;-2;+3. The molecule has 0 bridgehead atoms. The molecule has 5 heteroatoms. The van der Waals surface area contributed by atoms with Crippen LogP contribution >= 0.6 is 0 Å². The zero-order valence-electron chi connectivity index (χ0n) is 29.0. The summed E-state index contributed by atoms with van der Waals surface area (Å²) in [4.78, 5) is 9.39. The third-order valence-electron chi connectivity index (χ3n) is 9.57. The Morgan fingerprint density at radius 3 is 2.08 bits per heavy atom. The van der Waals surface area contributed by atoms with Gasteiger partial charge in [0.15, 0.2) is 0 Å². The molecule has 4 nitrogen and oxygen atoms in total. The Morgan fingerprint density at radius 1 is 0.660 bits per heavy atom. The van der Waals surface area contributed by atoms with E-state index in [1.54, 1.807) is 0 Å². The van der Waals surface area contributed by atoms with Gasteiger partial charge in [0.1, 0.15) is 0 Å². The van der Waals surface area contributed by atoms with Gasteiger partial charge in [-0.1, -0.05) is 99.8 Å². The van der Waals surface area contributed by atoms with E-state index >= 15 is 0 Å². The molecule has 3 heterocycles. The summed E-state index contributed by atoms with van der Waals surface area (Å²) in [5.41, 5.74) is 8.26. The van der Waals surface area contributed by atoms with Crippen LogP contribution in [-0.4, -0.2) is 21.3 Å². The quantitative estimate of drug-likeness (QED) is 0.130. The zero-order chi connectivity index (χ0) is 33.6. The number of hydrogen-bond acceptors (Lipinski definition) is 3. The monoisotopic (exact) mass is 828 g/mol.